The van der Waals surface area contributed by atoms with Crippen LogP contribution in [0.3, 0.4) is 0 Å². The highest BCUT2D eigenvalue weighted by Crippen LogP contribution is 2.29. The molecule has 7 heteroatoms. The second-order valence-corrected chi connectivity index (χ2v) is 7.68. The Morgan fingerprint density at radius 2 is 2.00 bits per heavy atom. The topological polar surface area (TPSA) is 59.8 Å². The molecule has 28 heavy (non-hydrogen) atoms. The molecule has 0 saturated heterocycles. The van der Waals surface area contributed by atoms with Gasteiger partial charge in [0.1, 0.15) is 9.88 Å². The second kappa shape index (κ2) is 7.96. The third kappa shape index (κ3) is 3.98. The van der Waals surface area contributed by atoms with Crippen LogP contribution >= 0.6 is 22.9 Å². The van der Waals surface area contributed by atoms with Crippen LogP contribution in [0.15, 0.2) is 67.0 Å². The van der Waals surface area contributed by atoms with Gasteiger partial charge >= 0.3 is 0 Å². The number of amides is 1. The minimum Gasteiger partial charge on any atom is -0.347 e. The number of thiazole rings is 1. The first-order valence-electron chi connectivity index (χ1n) is 8.71. The van der Waals surface area contributed by atoms with E-state index in [1.165, 1.54) is 11.3 Å². The first-order chi connectivity index (χ1) is 13.6. The standard InChI is InChI=1S/C21H17ClN4OS/c1-14-19(28-21(25-14)16-4-2-5-17(22)12-16)20(27)23-13-15-6-8-18(9-7-15)26-11-3-10-24-26/h2-12H,13H2,1H3,(H,23,27). The molecule has 2 aromatic heterocycles. The Morgan fingerprint density at radius 1 is 1.18 bits per heavy atom. The molecule has 5 nitrogen and oxygen atoms in total. The summed E-state index contributed by atoms with van der Waals surface area (Å²) in [4.78, 5) is 17.8. The highest BCUT2D eigenvalue weighted by Gasteiger charge is 2.16. The van der Waals surface area contributed by atoms with Crippen LogP contribution in [0.5, 0.6) is 0 Å². The molecule has 4 rings (SSSR count). The number of benzene rings is 2. The summed E-state index contributed by atoms with van der Waals surface area (Å²) in [6.07, 6.45) is 3.63. The summed E-state index contributed by atoms with van der Waals surface area (Å²) in [7, 11) is 0. The van der Waals surface area contributed by atoms with Gasteiger partial charge in [-0.1, -0.05) is 35.9 Å². The third-order valence-corrected chi connectivity index (χ3v) is 5.67. The first-order valence-corrected chi connectivity index (χ1v) is 9.90. The van der Waals surface area contributed by atoms with Crippen molar-refractivity contribution in [2.45, 2.75) is 13.5 Å². The largest absolute Gasteiger partial charge is 0.347 e. The molecule has 0 radical (unpaired) electrons. The number of carbonyl (C=O) groups is 1. The van der Waals surface area contributed by atoms with Gasteiger partial charge in [0.15, 0.2) is 0 Å². The van der Waals surface area contributed by atoms with Gasteiger partial charge in [-0.2, -0.15) is 5.10 Å². The van der Waals surface area contributed by atoms with E-state index >= 15 is 0 Å². The van der Waals surface area contributed by atoms with Crippen LogP contribution in [0.4, 0.5) is 0 Å². The van der Waals surface area contributed by atoms with E-state index in [9.17, 15) is 4.79 Å². The second-order valence-electron chi connectivity index (χ2n) is 6.24. The lowest BCUT2D eigenvalue weighted by atomic mass is 10.2. The van der Waals surface area contributed by atoms with Crippen molar-refractivity contribution < 1.29 is 4.79 Å². The smallest absolute Gasteiger partial charge is 0.263 e. The molecule has 1 amide bonds. The molecule has 2 aromatic carbocycles. The van der Waals surface area contributed by atoms with Crippen LogP contribution in [-0.4, -0.2) is 20.7 Å². The van der Waals surface area contributed by atoms with Crippen LogP contribution in [0.1, 0.15) is 20.9 Å². The Labute approximate surface area is 171 Å². The Balaban J connectivity index is 1.44. The monoisotopic (exact) mass is 408 g/mol. The molecule has 0 aliphatic rings. The van der Waals surface area contributed by atoms with Gasteiger partial charge in [0.2, 0.25) is 0 Å². The molecule has 2 heterocycles. The number of carbonyl (C=O) groups excluding carboxylic acids is 1. The predicted molar refractivity (Wildman–Crippen MR) is 112 cm³/mol. The van der Waals surface area contributed by atoms with Crippen molar-refractivity contribution >= 4 is 28.8 Å². The van der Waals surface area contributed by atoms with E-state index in [4.69, 9.17) is 11.6 Å². The first kappa shape index (κ1) is 18.4. The van der Waals surface area contributed by atoms with Crippen molar-refractivity contribution in [1.82, 2.24) is 20.1 Å². The van der Waals surface area contributed by atoms with Crippen LogP contribution in [-0.2, 0) is 6.54 Å². The van der Waals surface area contributed by atoms with Crippen molar-refractivity contribution in [3.8, 4) is 16.3 Å². The van der Waals surface area contributed by atoms with Gasteiger partial charge in [-0.05, 0) is 42.8 Å². The SMILES string of the molecule is Cc1nc(-c2cccc(Cl)c2)sc1C(=O)NCc1ccc(-n2cccn2)cc1. The fourth-order valence-corrected chi connectivity index (χ4v) is 3.97. The highest BCUT2D eigenvalue weighted by molar-refractivity contribution is 7.17. The fraction of sp³-hybridized carbons (Fsp3) is 0.0952. The number of nitrogens with zero attached hydrogens (tertiary/aromatic N) is 3. The summed E-state index contributed by atoms with van der Waals surface area (Å²) in [6, 6.07) is 17.3. The number of hydrogen-bond acceptors (Lipinski definition) is 4. The van der Waals surface area contributed by atoms with E-state index in [1.54, 1.807) is 10.9 Å². The summed E-state index contributed by atoms with van der Waals surface area (Å²) in [5.74, 6) is -0.126. The molecule has 0 spiro atoms. The molecule has 1 N–H and O–H groups in total. The number of halogens is 1. The van der Waals surface area contributed by atoms with E-state index in [0.29, 0.717) is 22.1 Å². The number of nitrogens with one attached hydrogen (secondary N) is 1. The summed E-state index contributed by atoms with van der Waals surface area (Å²) in [5, 5.41) is 8.61. The van der Waals surface area contributed by atoms with Gasteiger partial charge in [0.25, 0.3) is 5.91 Å². The Hall–Kier alpha value is -2.96. The van der Waals surface area contributed by atoms with E-state index in [-0.39, 0.29) is 5.91 Å². The lowest BCUT2D eigenvalue weighted by molar-refractivity contribution is 0.0954. The molecule has 4 aromatic rings. The van der Waals surface area contributed by atoms with E-state index < -0.39 is 0 Å². The predicted octanol–water partition coefficient (Wildman–Crippen LogP) is 4.89. The maximum absolute atomic E-state index is 12.6. The summed E-state index contributed by atoms with van der Waals surface area (Å²) in [5.41, 5.74) is 3.62. The summed E-state index contributed by atoms with van der Waals surface area (Å²) in [6.45, 7) is 2.29. The van der Waals surface area contributed by atoms with Crippen molar-refractivity contribution in [2.24, 2.45) is 0 Å². The Morgan fingerprint density at radius 3 is 2.71 bits per heavy atom. The summed E-state index contributed by atoms with van der Waals surface area (Å²) >= 11 is 7.43. The fourth-order valence-electron chi connectivity index (χ4n) is 2.80. The average Bonchev–Trinajstić information content (AvgIpc) is 3.36. The van der Waals surface area contributed by atoms with Crippen LogP contribution in [0.2, 0.25) is 5.02 Å². The zero-order chi connectivity index (χ0) is 19.5. The lowest BCUT2D eigenvalue weighted by Crippen LogP contribution is -2.22. The van der Waals surface area contributed by atoms with E-state index in [0.717, 1.165) is 21.8 Å². The maximum atomic E-state index is 12.6. The highest BCUT2D eigenvalue weighted by atomic mass is 35.5. The van der Waals surface area contributed by atoms with Gasteiger partial charge in [0.05, 0.1) is 11.4 Å². The lowest BCUT2D eigenvalue weighted by Gasteiger charge is -2.06. The van der Waals surface area contributed by atoms with Gasteiger partial charge in [-0.15, -0.1) is 11.3 Å². The van der Waals surface area contributed by atoms with Crippen molar-refractivity contribution in [1.29, 1.82) is 0 Å². The number of aryl methyl sites for hydroxylation is 1. The molecular weight excluding hydrogens is 392 g/mol. The van der Waals surface area contributed by atoms with Crippen molar-refractivity contribution in [3.05, 3.63) is 88.1 Å². The van der Waals surface area contributed by atoms with E-state index in [1.807, 2.05) is 67.7 Å². The van der Waals surface area contributed by atoms with Crippen LogP contribution in [0, 0.1) is 6.92 Å². The van der Waals surface area contributed by atoms with Gasteiger partial charge in [-0.25, -0.2) is 9.67 Å². The number of rotatable bonds is 5. The molecule has 0 aliphatic carbocycles. The van der Waals surface area contributed by atoms with Gasteiger partial charge < -0.3 is 5.32 Å². The minimum absolute atomic E-state index is 0.126. The van der Waals surface area contributed by atoms with Crippen molar-refractivity contribution in [2.75, 3.05) is 0 Å². The molecule has 0 fully saturated rings. The molecular formula is C21H17ClN4OS. The molecule has 0 bridgehead atoms. The van der Waals surface area contributed by atoms with Crippen LogP contribution in [0.25, 0.3) is 16.3 Å². The minimum atomic E-state index is -0.126. The number of hydrogen-bond donors (Lipinski definition) is 1. The normalized spacial score (nSPS) is 10.8. The van der Waals surface area contributed by atoms with Gasteiger partial charge in [-0.3, -0.25) is 4.79 Å². The molecule has 0 saturated carbocycles. The maximum Gasteiger partial charge on any atom is 0.263 e. The van der Waals surface area contributed by atoms with E-state index in [2.05, 4.69) is 15.4 Å². The zero-order valence-corrected chi connectivity index (χ0v) is 16.7. The summed E-state index contributed by atoms with van der Waals surface area (Å²) < 4.78 is 1.79. The molecule has 0 unspecified atom stereocenters. The third-order valence-electron chi connectivity index (χ3n) is 4.23. The van der Waals surface area contributed by atoms with Gasteiger partial charge in [0, 0.05) is 29.5 Å². The zero-order valence-electron chi connectivity index (χ0n) is 15.1. The number of aromatic nitrogens is 3. The average molecular weight is 409 g/mol. The quantitative estimate of drug-likeness (QED) is 0.511. The van der Waals surface area contributed by atoms with Crippen LogP contribution < -0.4 is 5.32 Å². The Bertz CT molecular complexity index is 1100. The molecule has 140 valence electrons. The molecule has 0 atom stereocenters. The Kier molecular flexibility index (Phi) is 5.23. The van der Waals surface area contributed by atoms with Crippen molar-refractivity contribution in [3.63, 3.8) is 0 Å². The molecule has 0 aliphatic heterocycles.